The SMILES string of the molecule is CN(C)c1cc(NCc2ccc(C(C)(C)C)cc2)c(O)c2c1C[C@H]1C[C@H]3[C@H](N(C)C)C(O)=C(C(N)=O)C(=O)[C@]3(O)C(O)=C1C2=O. The van der Waals surface area contributed by atoms with E-state index in [1.807, 2.05) is 31.1 Å². The van der Waals surface area contributed by atoms with E-state index >= 15 is 0 Å². The quantitative estimate of drug-likeness (QED) is 0.208. The van der Waals surface area contributed by atoms with Gasteiger partial charge in [-0.15, -0.1) is 0 Å². The summed E-state index contributed by atoms with van der Waals surface area (Å²) in [6.07, 6.45) is 0.244. The van der Waals surface area contributed by atoms with Gasteiger partial charge in [0.05, 0.1) is 17.3 Å². The Hall–Kier alpha value is -4.35. The lowest BCUT2D eigenvalue weighted by molar-refractivity contribution is -0.148. The highest BCUT2D eigenvalue weighted by Gasteiger charge is 2.63. The number of rotatable bonds is 6. The number of benzene rings is 2. The third-order valence-electron chi connectivity index (χ3n) is 9.48. The molecule has 3 aliphatic rings. The molecule has 11 heteroatoms. The van der Waals surface area contributed by atoms with E-state index in [0.717, 1.165) is 5.56 Å². The number of amides is 1. The number of Topliss-reactive ketones (excluding diaryl/α,β-unsaturated/α-hetero) is 2. The molecule has 240 valence electrons. The van der Waals surface area contributed by atoms with Gasteiger partial charge < -0.3 is 36.4 Å². The molecular formula is C34H42N4O7. The van der Waals surface area contributed by atoms with Gasteiger partial charge in [-0.3, -0.25) is 19.3 Å². The number of nitrogens with one attached hydrogen (secondary N) is 1. The molecule has 0 bridgehead atoms. The summed E-state index contributed by atoms with van der Waals surface area (Å²) in [7, 11) is 6.85. The predicted octanol–water partition coefficient (Wildman–Crippen LogP) is 3.10. The number of aromatic hydroxyl groups is 1. The van der Waals surface area contributed by atoms with Gasteiger partial charge in [0, 0.05) is 37.8 Å². The Morgan fingerprint density at radius 2 is 1.69 bits per heavy atom. The van der Waals surface area contributed by atoms with Crippen molar-refractivity contribution < 1.29 is 34.8 Å². The maximum Gasteiger partial charge on any atom is 0.255 e. The van der Waals surface area contributed by atoms with Crippen molar-refractivity contribution in [2.45, 2.75) is 57.2 Å². The summed E-state index contributed by atoms with van der Waals surface area (Å²) in [6.45, 7) is 6.77. The van der Waals surface area contributed by atoms with Crippen LogP contribution in [0, 0.1) is 11.8 Å². The van der Waals surface area contributed by atoms with Crippen LogP contribution in [0.5, 0.6) is 5.75 Å². The first-order valence-corrected chi connectivity index (χ1v) is 14.9. The van der Waals surface area contributed by atoms with Crippen LogP contribution in [-0.2, 0) is 28.0 Å². The second kappa shape index (κ2) is 10.9. The summed E-state index contributed by atoms with van der Waals surface area (Å²) in [6, 6.07) is 8.85. The predicted molar refractivity (Wildman–Crippen MR) is 170 cm³/mol. The minimum absolute atomic E-state index is 0.00177. The third-order valence-corrected chi connectivity index (χ3v) is 9.48. The molecule has 0 aromatic heterocycles. The highest BCUT2D eigenvalue weighted by atomic mass is 16.3. The minimum atomic E-state index is -2.68. The molecule has 3 aliphatic carbocycles. The smallest absolute Gasteiger partial charge is 0.255 e. The van der Waals surface area contributed by atoms with Crippen LogP contribution in [0.2, 0.25) is 0 Å². The number of allylic oxidation sites excluding steroid dienone is 1. The normalized spacial score (nSPS) is 24.8. The van der Waals surface area contributed by atoms with Crippen LogP contribution >= 0.6 is 0 Å². The zero-order valence-corrected chi connectivity index (χ0v) is 26.7. The van der Waals surface area contributed by atoms with Gasteiger partial charge >= 0.3 is 0 Å². The van der Waals surface area contributed by atoms with Crippen molar-refractivity contribution in [1.82, 2.24) is 4.90 Å². The van der Waals surface area contributed by atoms with Crippen molar-refractivity contribution in [3.8, 4) is 5.75 Å². The number of phenolic OH excluding ortho intramolecular Hbond substituents is 1. The molecule has 4 atom stereocenters. The lowest BCUT2D eigenvalue weighted by Gasteiger charge is -2.50. The number of phenols is 1. The minimum Gasteiger partial charge on any atom is -0.510 e. The first-order valence-electron chi connectivity index (χ1n) is 14.9. The number of hydrogen-bond acceptors (Lipinski definition) is 10. The lowest BCUT2D eigenvalue weighted by Crippen LogP contribution is -2.63. The van der Waals surface area contributed by atoms with Gasteiger partial charge in [-0.25, -0.2) is 0 Å². The van der Waals surface area contributed by atoms with Gasteiger partial charge in [0.25, 0.3) is 5.91 Å². The molecule has 0 fully saturated rings. The maximum atomic E-state index is 14.2. The van der Waals surface area contributed by atoms with Crippen molar-refractivity contribution in [3.63, 3.8) is 0 Å². The van der Waals surface area contributed by atoms with Gasteiger partial charge in [-0.2, -0.15) is 0 Å². The van der Waals surface area contributed by atoms with E-state index in [0.29, 0.717) is 23.5 Å². The van der Waals surface area contributed by atoms with Crippen LogP contribution in [-0.4, -0.2) is 82.6 Å². The number of carbonyl (C=O) groups is 3. The van der Waals surface area contributed by atoms with Gasteiger partial charge in [0.2, 0.25) is 5.78 Å². The van der Waals surface area contributed by atoms with E-state index in [4.69, 9.17) is 5.73 Å². The van der Waals surface area contributed by atoms with Crippen molar-refractivity contribution in [2.75, 3.05) is 38.4 Å². The fourth-order valence-corrected chi connectivity index (χ4v) is 7.15. The summed E-state index contributed by atoms with van der Waals surface area (Å²) in [5.41, 5.74) is 5.39. The first kappa shape index (κ1) is 32.1. The van der Waals surface area contributed by atoms with Gasteiger partial charge in [-0.05, 0) is 61.0 Å². The van der Waals surface area contributed by atoms with Crippen LogP contribution in [0.25, 0.3) is 0 Å². The molecule has 2 aromatic rings. The van der Waals surface area contributed by atoms with E-state index in [-0.39, 0.29) is 35.1 Å². The van der Waals surface area contributed by atoms with Crippen molar-refractivity contribution in [3.05, 3.63) is 75.3 Å². The van der Waals surface area contributed by atoms with Crippen molar-refractivity contribution in [2.24, 2.45) is 17.6 Å². The van der Waals surface area contributed by atoms with E-state index in [9.17, 15) is 34.8 Å². The van der Waals surface area contributed by atoms with Crippen LogP contribution in [0.1, 0.15) is 54.2 Å². The van der Waals surface area contributed by atoms with Crippen LogP contribution < -0.4 is 16.0 Å². The average molecular weight is 619 g/mol. The van der Waals surface area contributed by atoms with Crippen LogP contribution in [0.15, 0.2) is 53.0 Å². The summed E-state index contributed by atoms with van der Waals surface area (Å²) in [4.78, 5) is 43.4. The van der Waals surface area contributed by atoms with Gasteiger partial charge in [0.1, 0.15) is 22.8 Å². The van der Waals surface area contributed by atoms with Gasteiger partial charge in [-0.1, -0.05) is 45.0 Å². The number of hydrogen-bond donors (Lipinski definition) is 6. The molecule has 1 amide bonds. The second-order valence-corrected chi connectivity index (χ2v) is 13.8. The van der Waals surface area contributed by atoms with E-state index in [1.54, 1.807) is 20.2 Å². The molecule has 2 aromatic carbocycles. The largest absolute Gasteiger partial charge is 0.510 e. The van der Waals surface area contributed by atoms with E-state index < -0.39 is 58.0 Å². The Morgan fingerprint density at radius 1 is 1.07 bits per heavy atom. The number of aliphatic hydroxyl groups excluding tert-OH is 2. The van der Waals surface area contributed by atoms with E-state index in [1.165, 1.54) is 10.5 Å². The first-order chi connectivity index (χ1) is 20.9. The summed E-state index contributed by atoms with van der Waals surface area (Å²) in [5.74, 6) is -6.75. The molecule has 0 aliphatic heterocycles. The molecule has 0 heterocycles. The third kappa shape index (κ3) is 4.94. The molecule has 0 spiro atoms. The number of carbonyl (C=O) groups excluding carboxylic acids is 3. The average Bonchev–Trinajstić information content (AvgIpc) is 2.93. The summed E-state index contributed by atoms with van der Waals surface area (Å²) < 4.78 is 0. The number of fused-ring (bicyclic) bond motifs is 3. The second-order valence-electron chi connectivity index (χ2n) is 13.8. The zero-order valence-electron chi connectivity index (χ0n) is 26.7. The number of nitrogens with zero attached hydrogens (tertiary/aromatic N) is 2. The highest BCUT2D eigenvalue weighted by Crippen LogP contribution is 2.54. The Morgan fingerprint density at radius 3 is 2.22 bits per heavy atom. The number of likely N-dealkylation sites (N-methyl/N-ethyl adjacent to an activating group) is 1. The molecule has 7 N–H and O–H groups in total. The van der Waals surface area contributed by atoms with E-state index in [2.05, 4.69) is 38.2 Å². The molecule has 45 heavy (non-hydrogen) atoms. The Labute approximate surface area is 262 Å². The Bertz CT molecular complexity index is 1670. The molecular weight excluding hydrogens is 576 g/mol. The molecule has 0 unspecified atom stereocenters. The number of ketones is 2. The van der Waals surface area contributed by atoms with Crippen molar-refractivity contribution >= 4 is 28.8 Å². The summed E-state index contributed by atoms with van der Waals surface area (Å²) in [5, 5.41) is 49.1. The molecule has 5 rings (SSSR count). The number of primary amides is 1. The molecule has 0 saturated carbocycles. The lowest BCUT2D eigenvalue weighted by atomic mass is 9.58. The maximum absolute atomic E-state index is 14.2. The standard InChI is InChI=1S/C34H42N4O7/c1-33(2,3)18-10-8-16(9-11-18)15-36-21-14-22(37(4)5)19-12-17-13-20-26(38(6)7)29(41)25(32(35)44)31(43)34(20,45)30(42)23(17)28(40)24(19)27(21)39/h8-11,14,17,20,26,36,39,41-42,45H,12-13,15H2,1-7H3,(H2,35,44)/t17-,20-,26-,34+/m0/s1. The molecule has 0 saturated heterocycles. The highest BCUT2D eigenvalue weighted by molar-refractivity contribution is 6.25. The fraction of sp³-hybridized carbons (Fsp3) is 0.441. The zero-order chi connectivity index (χ0) is 33.3. The van der Waals surface area contributed by atoms with Crippen LogP contribution in [0.4, 0.5) is 11.4 Å². The summed E-state index contributed by atoms with van der Waals surface area (Å²) >= 11 is 0. The van der Waals surface area contributed by atoms with Gasteiger partial charge in [0.15, 0.2) is 11.4 Å². The van der Waals surface area contributed by atoms with Crippen LogP contribution in [0.3, 0.4) is 0 Å². The molecule has 11 nitrogen and oxygen atoms in total. The van der Waals surface area contributed by atoms with Crippen molar-refractivity contribution in [1.29, 1.82) is 0 Å². The topological polar surface area (TPSA) is 177 Å². The number of aliphatic hydroxyl groups is 3. The molecule has 0 radical (unpaired) electrons. The monoisotopic (exact) mass is 618 g/mol. The Balaban J connectivity index is 1.60. The fourth-order valence-electron chi connectivity index (χ4n) is 7.15. The number of anilines is 2. The number of nitrogens with two attached hydrogens (primary N) is 1. The Kier molecular flexibility index (Phi) is 7.78.